The molecular formula is C19H18F3N3O4S. The number of thioether (sulfide) groups is 1. The summed E-state index contributed by atoms with van der Waals surface area (Å²) in [6.45, 7) is 4.04. The standard InChI is InChI=1S/C19H18F3N3O4S/c1-4-28-13-6-5-11(7-14(13)27-3)17-23-12(10(2)29-17)9-30-18-24-15(19(20,21)22)8-16(26)25-18/h5-8H,4,9H2,1-3H3,(H,24,25,26). The minimum atomic E-state index is -4.70. The number of methoxy groups -OCH3 is 1. The number of benzene rings is 1. The van der Waals surface area contributed by atoms with Crippen LogP contribution in [0.3, 0.4) is 0 Å². The zero-order valence-electron chi connectivity index (χ0n) is 16.3. The van der Waals surface area contributed by atoms with E-state index in [2.05, 4.69) is 15.0 Å². The molecule has 0 saturated heterocycles. The molecule has 0 amide bonds. The molecule has 0 aliphatic rings. The Morgan fingerprint density at radius 1 is 1.20 bits per heavy atom. The van der Waals surface area contributed by atoms with Gasteiger partial charge in [-0.25, -0.2) is 9.97 Å². The highest BCUT2D eigenvalue weighted by Crippen LogP contribution is 2.34. The van der Waals surface area contributed by atoms with Crippen molar-refractivity contribution in [3.8, 4) is 23.0 Å². The zero-order chi connectivity index (χ0) is 21.9. The van der Waals surface area contributed by atoms with Crippen LogP contribution in [0.25, 0.3) is 11.5 Å². The summed E-state index contributed by atoms with van der Waals surface area (Å²) in [5.41, 5.74) is -0.949. The van der Waals surface area contributed by atoms with Crippen LogP contribution >= 0.6 is 11.8 Å². The van der Waals surface area contributed by atoms with E-state index in [0.717, 1.165) is 11.8 Å². The highest BCUT2D eigenvalue weighted by atomic mass is 32.2. The van der Waals surface area contributed by atoms with Gasteiger partial charge in [-0.05, 0) is 32.0 Å². The van der Waals surface area contributed by atoms with E-state index in [1.807, 2.05) is 6.92 Å². The molecule has 1 aromatic carbocycles. The maximum atomic E-state index is 12.8. The molecule has 3 rings (SSSR count). The second-order valence-corrected chi connectivity index (χ2v) is 7.01. The van der Waals surface area contributed by atoms with E-state index in [9.17, 15) is 18.0 Å². The number of alkyl halides is 3. The number of hydrogen-bond donors (Lipinski definition) is 1. The Kier molecular flexibility index (Phi) is 6.40. The lowest BCUT2D eigenvalue weighted by atomic mass is 10.2. The Morgan fingerprint density at radius 2 is 1.97 bits per heavy atom. The van der Waals surface area contributed by atoms with Crippen LogP contribution in [0.1, 0.15) is 24.1 Å². The van der Waals surface area contributed by atoms with Crippen LogP contribution in [0.4, 0.5) is 13.2 Å². The first-order valence-electron chi connectivity index (χ1n) is 8.80. The first-order chi connectivity index (χ1) is 14.2. The van der Waals surface area contributed by atoms with E-state index in [-0.39, 0.29) is 10.9 Å². The smallest absolute Gasteiger partial charge is 0.433 e. The lowest BCUT2D eigenvalue weighted by Crippen LogP contribution is -2.16. The third-order valence-corrected chi connectivity index (χ3v) is 4.84. The normalized spacial score (nSPS) is 11.5. The molecule has 7 nitrogen and oxygen atoms in total. The third kappa shape index (κ3) is 4.96. The monoisotopic (exact) mass is 441 g/mol. The summed E-state index contributed by atoms with van der Waals surface area (Å²) in [5, 5.41) is -0.151. The number of aromatic nitrogens is 3. The number of nitrogens with zero attached hydrogens (tertiary/aromatic N) is 2. The first kappa shape index (κ1) is 21.8. The van der Waals surface area contributed by atoms with Crippen LogP contribution in [-0.4, -0.2) is 28.7 Å². The average molecular weight is 441 g/mol. The van der Waals surface area contributed by atoms with E-state index in [4.69, 9.17) is 13.9 Å². The van der Waals surface area contributed by atoms with Crippen molar-refractivity contribution >= 4 is 11.8 Å². The van der Waals surface area contributed by atoms with Crippen molar-refractivity contribution in [3.05, 3.63) is 51.8 Å². The van der Waals surface area contributed by atoms with Crippen LogP contribution in [0.15, 0.2) is 38.6 Å². The highest BCUT2D eigenvalue weighted by molar-refractivity contribution is 7.98. The van der Waals surface area contributed by atoms with E-state index < -0.39 is 17.4 Å². The number of hydrogen-bond acceptors (Lipinski definition) is 7. The van der Waals surface area contributed by atoms with Crippen molar-refractivity contribution < 1.29 is 27.1 Å². The van der Waals surface area contributed by atoms with Gasteiger partial charge in [0, 0.05) is 17.4 Å². The molecule has 0 bridgehead atoms. The van der Waals surface area contributed by atoms with E-state index in [0.29, 0.717) is 47.1 Å². The summed E-state index contributed by atoms with van der Waals surface area (Å²) in [6.07, 6.45) is -4.70. The molecule has 0 aliphatic heterocycles. The van der Waals surface area contributed by atoms with Crippen molar-refractivity contribution in [2.75, 3.05) is 13.7 Å². The Morgan fingerprint density at radius 3 is 2.63 bits per heavy atom. The van der Waals surface area contributed by atoms with Gasteiger partial charge in [-0.1, -0.05) is 11.8 Å². The zero-order valence-corrected chi connectivity index (χ0v) is 17.1. The number of aromatic amines is 1. The summed E-state index contributed by atoms with van der Waals surface area (Å²) in [6, 6.07) is 5.65. The third-order valence-electron chi connectivity index (χ3n) is 3.96. The molecule has 0 fully saturated rings. The van der Waals surface area contributed by atoms with Gasteiger partial charge < -0.3 is 18.9 Å². The minimum absolute atomic E-state index is 0.151. The molecule has 2 heterocycles. The number of rotatable bonds is 7. The molecule has 160 valence electrons. The largest absolute Gasteiger partial charge is 0.493 e. The summed E-state index contributed by atoms with van der Waals surface area (Å²) < 4.78 is 55.0. The Bertz CT molecular complexity index is 1100. The molecule has 0 unspecified atom stereocenters. The number of halogens is 3. The number of nitrogens with one attached hydrogen (secondary N) is 1. The predicted molar refractivity (Wildman–Crippen MR) is 104 cm³/mol. The SMILES string of the molecule is CCOc1ccc(-c2nc(CSc3nc(C(F)(F)F)cc(=O)[nH]3)c(C)o2)cc1OC. The number of aryl methyl sites for hydroxylation is 1. The molecule has 11 heteroatoms. The van der Waals surface area contributed by atoms with E-state index >= 15 is 0 Å². The summed E-state index contributed by atoms with van der Waals surface area (Å²) in [7, 11) is 1.52. The van der Waals surface area contributed by atoms with Crippen LogP contribution < -0.4 is 15.0 Å². The quantitative estimate of drug-likeness (QED) is 0.428. The summed E-state index contributed by atoms with van der Waals surface area (Å²) >= 11 is 0.923. The fourth-order valence-electron chi connectivity index (χ4n) is 2.55. The Labute approximate surface area is 173 Å². The second kappa shape index (κ2) is 8.82. The number of H-pyrrole nitrogens is 1. The maximum absolute atomic E-state index is 12.8. The molecular weight excluding hydrogens is 423 g/mol. The molecule has 30 heavy (non-hydrogen) atoms. The average Bonchev–Trinajstić information content (AvgIpc) is 3.06. The fraction of sp³-hybridized carbons (Fsp3) is 0.316. The van der Waals surface area contributed by atoms with Gasteiger partial charge >= 0.3 is 6.18 Å². The predicted octanol–water partition coefficient (Wildman–Crippen LogP) is 4.45. The molecule has 0 spiro atoms. The highest BCUT2D eigenvalue weighted by Gasteiger charge is 2.33. The Hall–Kier alpha value is -2.95. The first-order valence-corrected chi connectivity index (χ1v) is 9.78. The van der Waals surface area contributed by atoms with Crippen molar-refractivity contribution in [2.45, 2.75) is 30.9 Å². The summed E-state index contributed by atoms with van der Waals surface area (Å²) in [5.74, 6) is 2.09. The van der Waals surface area contributed by atoms with Gasteiger partial charge in [0.1, 0.15) is 5.76 Å². The van der Waals surface area contributed by atoms with Gasteiger partial charge in [0.15, 0.2) is 22.3 Å². The van der Waals surface area contributed by atoms with Crippen LogP contribution in [-0.2, 0) is 11.9 Å². The van der Waals surface area contributed by atoms with Crippen molar-refractivity contribution in [2.24, 2.45) is 0 Å². The van der Waals surface area contributed by atoms with Gasteiger partial charge in [0.05, 0.1) is 19.4 Å². The molecule has 0 radical (unpaired) electrons. The van der Waals surface area contributed by atoms with Crippen LogP contribution in [0.5, 0.6) is 11.5 Å². The second-order valence-electron chi connectivity index (χ2n) is 6.04. The molecule has 1 N–H and O–H groups in total. The lowest BCUT2D eigenvalue weighted by molar-refractivity contribution is -0.141. The van der Waals surface area contributed by atoms with Gasteiger partial charge in [-0.15, -0.1) is 0 Å². The summed E-state index contributed by atoms with van der Waals surface area (Å²) in [4.78, 5) is 21.7. The van der Waals surface area contributed by atoms with Crippen molar-refractivity contribution in [3.63, 3.8) is 0 Å². The van der Waals surface area contributed by atoms with E-state index in [1.54, 1.807) is 25.1 Å². The van der Waals surface area contributed by atoms with E-state index in [1.165, 1.54) is 7.11 Å². The molecule has 0 saturated carbocycles. The number of ether oxygens (including phenoxy) is 2. The lowest BCUT2D eigenvalue weighted by Gasteiger charge is -2.09. The minimum Gasteiger partial charge on any atom is -0.493 e. The van der Waals surface area contributed by atoms with Crippen LogP contribution in [0, 0.1) is 6.92 Å². The molecule has 0 aliphatic carbocycles. The molecule has 2 aromatic heterocycles. The molecule has 3 aromatic rings. The van der Waals surface area contributed by atoms with Gasteiger partial charge in [-0.3, -0.25) is 4.79 Å². The van der Waals surface area contributed by atoms with Crippen molar-refractivity contribution in [1.82, 2.24) is 15.0 Å². The Balaban J connectivity index is 1.81. The topological polar surface area (TPSA) is 90.2 Å². The van der Waals surface area contributed by atoms with Crippen molar-refractivity contribution in [1.29, 1.82) is 0 Å². The maximum Gasteiger partial charge on any atom is 0.433 e. The van der Waals surface area contributed by atoms with Gasteiger partial charge in [0.2, 0.25) is 5.89 Å². The fourth-order valence-corrected chi connectivity index (χ4v) is 3.42. The van der Waals surface area contributed by atoms with Crippen LogP contribution in [0.2, 0.25) is 0 Å². The molecule has 0 atom stereocenters. The van der Waals surface area contributed by atoms with Gasteiger partial charge in [-0.2, -0.15) is 13.2 Å². The van der Waals surface area contributed by atoms with Gasteiger partial charge in [0.25, 0.3) is 5.56 Å². The number of oxazole rings is 1.